The Labute approximate surface area is 196 Å². The van der Waals surface area contributed by atoms with E-state index in [2.05, 4.69) is 25.1 Å². The lowest BCUT2D eigenvalue weighted by molar-refractivity contribution is -0.237. The highest BCUT2D eigenvalue weighted by molar-refractivity contribution is 5.41. The van der Waals surface area contributed by atoms with Gasteiger partial charge in [-0.25, -0.2) is 0 Å². The number of rotatable bonds is 7. The van der Waals surface area contributed by atoms with Crippen molar-refractivity contribution in [2.75, 3.05) is 19.8 Å². The zero-order valence-electron chi connectivity index (χ0n) is 19.7. The van der Waals surface area contributed by atoms with Crippen molar-refractivity contribution in [3.63, 3.8) is 0 Å². The van der Waals surface area contributed by atoms with Crippen LogP contribution in [0.25, 0.3) is 0 Å². The minimum absolute atomic E-state index is 0.150. The number of unbranched alkanes of at least 4 members (excludes halogenated alkanes) is 3. The lowest BCUT2D eigenvalue weighted by atomic mass is 9.55. The monoisotopic (exact) mass is 458 g/mol. The summed E-state index contributed by atoms with van der Waals surface area (Å²) in [5.74, 6) is 2.70. The van der Waals surface area contributed by atoms with Crippen LogP contribution in [0.3, 0.4) is 0 Å². The number of allylic oxidation sites excluding steroid dienone is 1. The van der Waals surface area contributed by atoms with Crippen LogP contribution in [0, 0.1) is 17.3 Å². The van der Waals surface area contributed by atoms with Crippen LogP contribution in [0.1, 0.15) is 81.8 Å². The van der Waals surface area contributed by atoms with Crippen LogP contribution >= 0.6 is 0 Å². The summed E-state index contributed by atoms with van der Waals surface area (Å²) < 4.78 is 42.4. The fourth-order valence-electron chi connectivity index (χ4n) is 7.40. The molecule has 3 fully saturated rings. The average Bonchev–Trinajstić information content (AvgIpc) is 3.41. The Morgan fingerprint density at radius 3 is 2.79 bits per heavy atom. The molecule has 1 heterocycles. The van der Waals surface area contributed by atoms with Gasteiger partial charge >= 0.3 is 6.08 Å². The van der Waals surface area contributed by atoms with Crippen molar-refractivity contribution >= 4 is 0 Å². The molecule has 33 heavy (non-hydrogen) atoms. The van der Waals surface area contributed by atoms with E-state index in [9.17, 15) is 8.78 Å². The number of fused-ring (bicyclic) bond motifs is 6. The maximum Gasteiger partial charge on any atom is 0.312 e. The third-order valence-electron chi connectivity index (χ3n) is 8.97. The fourth-order valence-corrected chi connectivity index (χ4v) is 7.40. The van der Waals surface area contributed by atoms with E-state index in [0.717, 1.165) is 57.0 Å². The number of aryl methyl sites for hydroxylation is 1. The van der Waals surface area contributed by atoms with E-state index in [-0.39, 0.29) is 11.2 Å². The zero-order valence-corrected chi connectivity index (χ0v) is 19.7. The second-order valence-electron chi connectivity index (χ2n) is 10.5. The highest BCUT2D eigenvalue weighted by atomic mass is 19.3. The van der Waals surface area contributed by atoms with E-state index >= 15 is 0 Å². The Morgan fingerprint density at radius 2 is 1.97 bits per heavy atom. The SMILES string of the molecule is C[C@]12CC[C@@H]3c4ccc(OCCCCCC=C=C(F)F)cc4CC[C@H]3[C@@H]1CCC21OCCO1. The van der Waals surface area contributed by atoms with Crippen molar-refractivity contribution < 1.29 is 23.0 Å². The number of ether oxygens (including phenoxy) is 3. The van der Waals surface area contributed by atoms with Crippen LogP contribution in [0.15, 0.2) is 36.1 Å². The summed E-state index contributed by atoms with van der Waals surface area (Å²) >= 11 is 0. The van der Waals surface area contributed by atoms with Gasteiger partial charge in [-0.1, -0.05) is 18.7 Å². The molecule has 2 saturated carbocycles. The van der Waals surface area contributed by atoms with Crippen LogP contribution in [0.5, 0.6) is 5.75 Å². The molecule has 1 spiro atoms. The van der Waals surface area contributed by atoms with Gasteiger partial charge in [0.05, 0.1) is 19.8 Å². The van der Waals surface area contributed by atoms with Crippen molar-refractivity contribution in [1.29, 1.82) is 0 Å². The van der Waals surface area contributed by atoms with Crippen LogP contribution in [0.2, 0.25) is 0 Å². The third kappa shape index (κ3) is 4.29. The summed E-state index contributed by atoms with van der Waals surface area (Å²) in [5.41, 5.74) is 5.10. The first kappa shape index (κ1) is 23.1. The molecule has 5 heteroatoms. The van der Waals surface area contributed by atoms with Gasteiger partial charge < -0.3 is 14.2 Å². The van der Waals surface area contributed by atoms with Gasteiger partial charge in [-0.15, -0.1) is 0 Å². The quantitative estimate of drug-likeness (QED) is 0.320. The van der Waals surface area contributed by atoms with Crippen molar-refractivity contribution in [3.8, 4) is 5.75 Å². The first-order valence-corrected chi connectivity index (χ1v) is 12.8. The maximum atomic E-state index is 11.9. The fraction of sp³-hybridized carbons (Fsp3) is 0.679. The van der Waals surface area contributed by atoms with Gasteiger partial charge in [0, 0.05) is 11.8 Å². The van der Waals surface area contributed by atoms with E-state index in [1.54, 1.807) is 0 Å². The van der Waals surface area contributed by atoms with Gasteiger partial charge in [0.1, 0.15) is 5.75 Å². The molecule has 4 atom stereocenters. The van der Waals surface area contributed by atoms with Crippen LogP contribution in [-0.4, -0.2) is 25.6 Å². The molecular formula is C28H36F2O3. The second-order valence-corrected chi connectivity index (χ2v) is 10.5. The van der Waals surface area contributed by atoms with Gasteiger partial charge in [0.15, 0.2) is 5.79 Å². The topological polar surface area (TPSA) is 27.7 Å². The predicted molar refractivity (Wildman–Crippen MR) is 123 cm³/mol. The van der Waals surface area contributed by atoms with Crippen molar-refractivity contribution in [2.24, 2.45) is 17.3 Å². The summed E-state index contributed by atoms with van der Waals surface area (Å²) in [5, 5.41) is 0. The molecule has 3 nitrogen and oxygen atoms in total. The number of hydrogen-bond donors (Lipinski definition) is 0. The molecule has 0 amide bonds. The Balaban J connectivity index is 1.17. The first-order chi connectivity index (χ1) is 16.0. The van der Waals surface area contributed by atoms with Crippen LogP contribution in [0.4, 0.5) is 8.78 Å². The molecule has 4 aliphatic rings. The van der Waals surface area contributed by atoms with Gasteiger partial charge in [-0.2, -0.15) is 8.78 Å². The third-order valence-corrected chi connectivity index (χ3v) is 8.97. The van der Waals surface area contributed by atoms with E-state index in [0.29, 0.717) is 24.9 Å². The minimum Gasteiger partial charge on any atom is -0.494 e. The number of hydrogen-bond acceptors (Lipinski definition) is 3. The molecule has 180 valence electrons. The number of benzene rings is 1. The van der Waals surface area contributed by atoms with Crippen molar-refractivity contribution in [1.82, 2.24) is 0 Å². The number of halogens is 2. The highest BCUT2D eigenvalue weighted by Gasteiger charge is 2.64. The largest absolute Gasteiger partial charge is 0.494 e. The molecule has 1 aromatic rings. The summed E-state index contributed by atoms with van der Waals surface area (Å²) in [4.78, 5) is 0. The molecule has 5 rings (SSSR count). The molecule has 0 unspecified atom stereocenters. The summed E-state index contributed by atoms with van der Waals surface area (Å²) in [6.45, 7) is 4.60. The summed E-state index contributed by atoms with van der Waals surface area (Å²) in [7, 11) is 0. The smallest absolute Gasteiger partial charge is 0.312 e. The molecule has 1 aromatic carbocycles. The molecule has 1 aliphatic heterocycles. The highest BCUT2D eigenvalue weighted by Crippen LogP contribution is 2.66. The summed E-state index contributed by atoms with van der Waals surface area (Å²) in [6.07, 6.45) is 10.1. The summed E-state index contributed by atoms with van der Waals surface area (Å²) in [6, 6.07) is 6.72. The van der Waals surface area contributed by atoms with Crippen LogP contribution in [-0.2, 0) is 15.9 Å². The van der Waals surface area contributed by atoms with E-state index in [4.69, 9.17) is 14.2 Å². The van der Waals surface area contributed by atoms with E-state index in [1.165, 1.54) is 42.9 Å². The van der Waals surface area contributed by atoms with Gasteiger partial charge in [0.25, 0.3) is 0 Å². The molecule has 0 bridgehead atoms. The Hall–Kier alpha value is -1.68. The molecule has 0 radical (unpaired) electrons. The van der Waals surface area contributed by atoms with E-state index in [1.807, 2.05) is 5.73 Å². The molecule has 3 aliphatic carbocycles. The molecule has 1 saturated heterocycles. The first-order valence-electron chi connectivity index (χ1n) is 12.8. The lowest BCUT2D eigenvalue weighted by Crippen LogP contribution is -2.51. The predicted octanol–water partition coefficient (Wildman–Crippen LogP) is 7.16. The second kappa shape index (κ2) is 9.52. The zero-order chi connectivity index (χ0) is 22.9. The molecular weight excluding hydrogens is 422 g/mol. The Morgan fingerprint density at radius 1 is 1.12 bits per heavy atom. The van der Waals surface area contributed by atoms with Crippen molar-refractivity contribution in [2.45, 2.75) is 82.8 Å². The van der Waals surface area contributed by atoms with Gasteiger partial charge in [-0.3, -0.25) is 0 Å². The Kier molecular flexibility index (Phi) is 6.66. The molecule has 0 N–H and O–H groups in total. The van der Waals surface area contributed by atoms with Crippen molar-refractivity contribution in [3.05, 3.63) is 47.2 Å². The minimum atomic E-state index is -1.75. The van der Waals surface area contributed by atoms with Gasteiger partial charge in [0.2, 0.25) is 0 Å². The normalized spacial score (nSPS) is 31.4. The maximum absolute atomic E-state index is 11.9. The van der Waals surface area contributed by atoms with E-state index < -0.39 is 6.08 Å². The lowest BCUT2D eigenvalue weighted by Gasteiger charge is -2.52. The van der Waals surface area contributed by atoms with Gasteiger partial charge in [-0.05, 0) is 105 Å². The van der Waals surface area contributed by atoms with Crippen LogP contribution < -0.4 is 4.74 Å². The Bertz CT molecular complexity index is 912. The molecule has 0 aromatic heterocycles. The standard InChI is InChI=1S/C28H36F2O3/c1-27-14-12-23-22-11-9-21(31-16-6-4-2-3-5-7-26(29)30)19-20(22)8-10-24(23)25(27)13-15-28(27)32-17-18-33-28/h5,9,11,19,23-25H,2-4,6,8,10,12-18H2,1H3/t23-,24-,25+,27+/m1/s1. The average molecular weight is 459 g/mol.